The normalized spacial score (nSPS) is 17.3. The number of aromatic amines is 1. The fourth-order valence-corrected chi connectivity index (χ4v) is 5.10. The van der Waals surface area contributed by atoms with Gasteiger partial charge in [-0.05, 0) is 31.2 Å². The lowest BCUT2D eigenvalue weighted by Crippen LogP contribution is -2.49. The molecule has 0 aliphatic carbocycles. The third-order valence-corrected chi connectivity index (χ3v) is 7.29. The highest BCUT2D eigenvalue weighted by Gasteiger charge is 2.32. The Balaban J connectivity index is 1.51. The summed E-state index contributed by atoms with van der Waals surface area (Å²) in [5.74, 6) is -1.44. The highest BCUT2D eigenvalue weighted by molar-refractivity contribution is 7.89. The second-order valence-electron chi connectivity index (χ2n) is 7.16. The van der Waals surface area contributed by atoms with E-state index in [1.54, 1.807) is 24.3 Å². The van der Waals surface area contributed by atoms with Crippen molar-refractivity contribution in [2.24, 2.45) is 0 Å². The molecule has 4 rings (SSSR count). The summed E-state index contributed by atoms with van der Waals surface area (Å²) in [5.41, 5.74) is 0.367. The molecule has 7 nitrogen and oxygen atoms in total. The predicted molar refractivity (Wildman–Crippen MR) is 107 cm³/mol. The standard InChI is InChI=1S/C20H20F2N4O3S/c1-13(19-23-17-5-3-2-4-15(17)20(27)24-19)25-8-10-26(11-9-25)30(28,29)18-7-6-14(21)12-16(18)22/h2-7,12-13H,8-11H2,1H3,(H,23,24,27)/t13-/m1/s1. The van der Waals surface area contributed by atoms with E-state index in [1.165, 1.54) is 4.31 Å². The molecule has 0 amide bonds. The van der Waals surface area contributed by atoms with Gasteiger partial charge in [0.15, 0.2) is 0 Å². The molecule has 158 valence electrons. The van der Waals surface area contributed by atoms with E-state index in [1.807, 2.05) is 11.8 Å². The minimum Gasteiger partial charge on any atom is -0.309 e. The van der Waals surface area contributed by atoms with Crippen LogP contribution in [0.2, 0.25) is 0 Å². The van der Waals surface area contributed by atoms with Gasteiger partial charge in [0.1, 0.15) is 22.4 Å². The molecule has 2 aromatic carbocycles. The maximum Gasteiger partial charge on any atom is 0.258 e. The van der Waals surface area contributed by atoms with E-state index in [9.17, 15) is 22.0 Å². The van der Waals surface area contributed by atoms with E-state index in [4.69, 9.17) is 0 Å². The van der Waals surface area contributed by atoms with E-state index in [0.717, 1.165) is 12.1 Å². The first-order chi connectivity index (χ1) is 14.3. The Morgan fingerprint density at radius 2 is 1.77 bits per heavy atom. The Kier molecular flexibility index (Phi) is 5.39. The van der Waals surface area contributed by atoms with Crippen molar-refractivity contribution >= 4 is 20.9 Å². The molecule has 30 heavy (non-hydrogen) atoms. The lowest BCUT2D eigenvalue weighted by Gasteiger charge is -2.37. The number of halogens is 2. The number of para-hydroxylation sites is 1. The van der Waals surface area contributed by atoms with E-state index in [-0.39, 0.29) is 24.7 Å². The van der Waals surface area contributed by atoms with Gasteiger partial charge in [-0.3, -0.25) is 9.69 Å². The number of hydrogen-bond acceptors (Lipinski definition) is 5. The number of sulfonamides is 1. The first-order valence-electron chi connectivity index (χ1n) is 9.45. The topological polar surface area (TPSA) is 86.4 Å². The van der Waals surface area contributed by atoms with Crippen molar-refractivity contribution in [1.82, 2.24) is 19.2 Å². The summed E-state index contributed by atoms with van der Waals surface area (Å²) < 4.78 is 53.8. The summed E-state index contributed by atoms with van der Waals surface area (Å²) in [4.78, 5) is 21.1. The Labute approximate surface area is 172 Å². The molecular weight excluding hydrogens is 414 g/mol. The summed E-state index contributed by atoms with van der Waals surface area (Å²) in [6.45, 7) is 2.92. The van der Waals surface area contributed by atoms with E-state index < -0.39 is 26.6 Å². The molecule has 0 saturated carbocycles. The molecule has 1 N–H and O–H groups in total. The molecule has 3 aromatic rings. The number of aromatic nitrogens is 2. The monoisotopic (exact) mass is 434 g/mol. The van der Waals surface area contributed by atoms with Crippen LogP contribution in [0.3, 0.4) is 0 Å². The van der Waals surface area contributed by atoms with Gasteiger partial charge in [0.05, 0.1) is 16.9 Å². The third kappa shape index (κ3) is 3.73. The summed E-state index contributed by atoms with van der Waals surface area (Å²) in [5, 5.41) is 0.505. The van der Waals surface area contributed by atoms with Crippen molar-refractivity contribution < 1.29 is 17.2 Å². The number of nitrogens with one attached hydrogen (secondary N) is 1. The molecule has 1 saturated heterocycles. The number of benzene rings is 2. The Morgan fingerprint density at radius 3 is 2.47 bits per heavy atom. The van der Waals surface area contributed by atoms with Gasteiger partial charge in [-0.1, -0.05) is 12.1 Å². The molecule has 1 aliphatic heterocycles. The molecular formula is C20H20F2N4O3S. The van der Waals surface area contributed by atoms with Gasteiger partial charge < -0.3 is 4.98 Å². The quantitative estimate of drug-likeness (QED) is 0.681. The number of nitrogens with zero attached hydrogens (tertiary/aromatic N) is 3. The summed E-state index contributed by atoms with van der Waals surface area (Å²) in [7, 11) is -4.07. The van der Waals surface area contributed by atoms with Crippen LogP contribution in [0.25, 0.3) is 10.9 Å². The van der Waals surface area contributed by atoms with Gasteiger partial charge in [0, 0.05) is 32.2 Å². The van der Waals surface area contributed by atoms with Gasteiger partial charge >= 0.3 is 0 Å². The third-order valence-electron chi connectivity index (χ3n) is 5.36. The van der Waals surface area contributed by atoms with Gasteiger partial charge in [0.2, 0.25) is 10.0 Å². The molecule has 0 radical (unpaired) electrons. The van der Waals surface area contributed by atoms with Crippen molar-refractivity contribution in [3.8, 4) is 0 Å². The average Bonchev–Trinajstić information content (AvgIpc) is 2.73. The molecule has 2 heterocycles. The first kappa shape index (κ1) is 20.6. The van der Waals surface area contributed by atoms with Crippen molar-refractivity contribution in [2.45, 2.75) is 17.9 Å². The van der Waals surface area contributed by atoms with Crippen LogP contribution < -0.4 is 5.56 Å². The second-order valence-corrected chi connectivity index (χ2v) is 9.07. The van der Waals surface area contributed by atoms with Crippen LogP contribution in [0.5, 0.6) is 0 Å². The Hall–Kier alpha value is -2.69. The van der Waals surface area contributed by atoms with Crippen LogP contribution in [0.1, 0.15) is 18.8 Å². The smallest absolute Gasteiger partial charge is 0.258 e. The molecule has 1 fully saturated rings. The molecule has 1 atom stereocenters. The fourth-order valence-electron chi connectivity index (χ4n) is 3.63. The predicted octanol–water partition coefficient (Wildman–Crippen LogP) is 2.27. The fraction of sp³-hybridized carbons (Fsp3) is 0.300. The highest BCUT2D eigenvalue weighted by atomic mass is 32.2. The van der Waals surface area contributed by atoms with Crippen LogP contribution in [0, 0.1) is 11.6 Å². The van der Waals surface area contributed by atoms with Gasteiger partial charge in [-0.2, -0.15) is 4.31 Å². The number of rotatable bonds is 4. The molecule has 10 heteroatoms. The van der Waals surface area contributed by atoms with Crippen molar-refractivity contribution in [1.29, 1.82) is 0 Å². The van der Waals surface area contributed by atoms with Crippen LogP contribution in [-0.2, 0) is 10.0 Å². The highest BCUT2D eigenvalue weighted by Crippen LogP contribution is 2.24. The zero-order valence-corrected chi connectivity index (χ0v) is 17.0. The lowest BCUT2D eigenvalue weighted by molar-refractivity contribution is 0.141. The van der Waals surface area contributed by atoms with Crippen LogP contribution in [0.15, 0.2) is 52.2 Å². The number of hydrogen-bond donors (Lipinski definition) is 1. The van der Waals surface area contributed by atoms with E-state index in [0.29, 0.717) is 35.9 Å². The maximum absolute atomic E-state index is 14.0. The molecule has 0 unspecified atom stereocenters. The summed E-state index contributed by atoms with van der Waals surface area (Å²) >= 11 is 0. The Bertz CT molecular complexity index is 1250. The second kappa shape index (κ2) is 7.86. The largest absolute Gasteiger partial charge is 0.309 e. The average molecular weight is 434 g/mol. The van der Waals surface area contributed by atoms with Gasteiger partial charge in [-0.15, -0.1) is 0 Å². The molecule has 1 aliphatic rings. The lowest BCUT2D eigenvalue weighted by atomic mass is 10.2. The van der Waals surface area contributed by atoms with Crippen molar-refractivity contribution in [2.75, 3.05) is 26.2 Å². The summed E-state index contributed by atoms with van der Waals surface area (Å²) in [6.07, 6.45) is 0. The Morgan fingerprint density at radius 1 is 1.07 bits per heavy atom. The maximum atomic E-state index is 14.0. The van der Waals surface area contributed by atoms with Crippen LogP contribution >= 0.6 is 0 Å². The first-order valence-corrected chi connectivity index (χ1v) is 10.9. The van der Waals surface area contributed by atoms with Crippen molar-refractivity contribution in [3.63, 3.8) is 0 Å². The molecule has 1 aromatic heterocycles. The minimum atomic E-state index is -4.07. The van der Waals surface area contributed by atoms with Crippen molar-refractivity contribution in [3.05, 3.63) is 70.3 Å². The summed E-state index contributed by atoms with van der Waals surface area (Å²) in [6, 6.07) is 9.24. The van der Waals surface area contributed by atoms with Crippen LogP contribution in [0.4, 0.5) is 8.78 Å². The zero-order valence-electron chi connectivity index (χ0n) is 16.2. The number of H-pyrrole nitrogens is 1. The minimum absolute atomic E-state index is 0.140. The number of piperazine rings is 1. The van der Waals surface area contributed by atoms with E-state index >= 15 is 0 Å². The SMILES string of the molecule is C[C@H](c1nc2ccccc2c(=O)[nH]1)N1CCN(S(=O)(=O)c2ccc(F)cc2F)CC1. The number of fused-ring (bicyclic) bond motifs is 1. The van der Waals surface area contributed by atoms with Gasteiger partial charge in [-0.25, -0.2) is 22.2 Å². The van der Waals surface area contributed by atoms with E-state index in [2.05, 4.69) is 9.97 Å². The molecule has 0 bridgehead atoms. The zero-order chi connectivity index (χ0) is 21.5. The van der Waals surface area contributed by atoms with Crippen LogP contribution in [-0.4, -0.2) is 53.8 Å². The molecule has 0 spiro atoms. The van der Waals surface area contributed by atoms with Gasteiger partial charge in [0.25, 0.3) is 5.56 Å².